The first kappa shape index (κ1) is 20.2. The first-order valence-electron chi connectivity index (χ1n) is 6.96. The summed E-state index contributed by atoms with van der Waals surface area (Å²) in [6.07, 6.45) is 2.00. The van der Waals surface area contributed by atoms with Gasteiger partial charge in [-0.15, -0.1) is 24.8 Å². The van der Waals surface area contributed by atoms with Crippen molar-refractivity contribution in [3.63, 3.8) is 0 Å². The molecule has 1 fully saturated rings. The van der Waals surface area contributed by atoms with E-state index in [0.29, 0.717) is 6.04 Å². The van der Waals surface area contributed by atoms with Crippen LogP contribution in [0.25, 0.3) is 0 Å². The number of nitrogens with one attached hydrogen (secondary N) is 1. The van der Waals surface area contributed by atoms with E-state index in [1.54, 1.807) is 0 Å². The van der Waals surface area contributed by atoms with Crippen molar-refractivity contribution >= 4 is 30.7 Å². The van der Waals surface area contributed by atoms with E-state index >= 15 is 0 Å². The number of nitrogens with zero attached hydrogens (tertiary/aromatic N) is 1. The summed E-state index contributed by atoms with van der Waals surface area (Å²) in [5.41, 5.74) is 6.68. The van der Waals surface area contributed by atoms with E-state index in [9.17, 15) is 4.79 Å². The molecule has 4 nitrogen and oxygen atoms in total. The second kappa shape index (κ2) is 10.0. The predicted molar refractivity (Wildman–Crippen MR) is 91.0 cm³/mol. The van der Waals surface area contributed by atoms with Crippen LogP contribution in [0.4, 0.5) is 0 Å². The molecule has 0 bridgehead atoms. The largest absolute Gasteiger partial charge is 0.352 e. The van der Waals surface area contributed by atoms with Crippen molar-refractivity contribution in [3.05, 3.63) is 35.9 Å². The third-order valence-corrected chi connectivity index (χ3v) is 3.79. The lowest BCUT2D eigenvalue weighted by Crippen LogP contribution is -2.49. The zero-order valence-electron chi connectivity index (χ0n) is 12.3. The van der Waals surface area contributed by atoms with Gasteiger partial charge in [0.15, 0.2) is 0 Å². The van der Waals surface area contributed by atoms with Crippen LogP contribution >= 0.6 is 24.8 Å². The van der Waals surface area contributed by atoms with Gasteiger partial charge in [-0.05, 0) is 25.3 Å². The van der Waals surface area contributed by atoms with E-state index in [1.807, 2.05) is 6.07 Å². The van der Waals surface area contributed by atoms with Crippen LogP contribution in [0.15, 0.2) is 30.3 Å². The number of benzene rings is 1. The van der Waals surface area contributed by atoms with Gasteiger partial charge < -0.3 is 11.1 Å². The van der Waals surface area contributed by atoms with Gasteiger partial charge in [0.2, 0.25) is 5.91 Å². The Balaban J connectivity index is 0.00000200. The average Bonchev–Trinajstić information content (AvgIpc) is 2.43. The van der Waals surface area contributed by atoms with Gasteiger partial charge in [0, 0.05) is 25.2 Å². The first-order valence-corrected chi connectivity index (χ1v) is 6.96. The summed E-state index contributed by atoms with van der Waals surface area (Å²) >= 11 is 0. The summed E-state index contributed by atoms with van der Waals surface area (Å²) in [4.78, 5) is 13.8. The number of carbonyl (C=O) groups excluding carboxylic acids is 1. The van der Waals surface area contributed by atoms with Crippen molar-refractivity contribution in [2.75, 3.05) is 13.1 Å². The Bertz CT molecular complexity index is 417. The van der Waals surface area contributed by atoms with E-state index in [0.717, 1.165) is 25.9 Å². The fourth-order valence-corrected chi connectivity index (χ4v) is 2.69. The summed E-state index contributed by atoms with van der Waals surface area (Å²) in [5, 5.41) is 2.99. The van der Waals surface area contributed by atoms with E-state index in [4.69, 9.17) is 5.73 Å². The summed E-state index contributed by atoms with van der Waals surface area (Å²) in [5.74, 6) is -0.0475. The van der Waals surface area contributed by atoms with Gasteiger partial charge in [-0.1, -0.05) is 30.3 Å². The summed E-state index contributed by atoms with van der Waals surface area (Å²) in [6.45, 7) is 4.31. The highest BCUT2D eigenvalue weighted by atomic mass is 35.5. The molecule has 0 spiro atoms. The Morgan fingerprint density at radius 2 is 2.00 bits per heavy atom. The number of rotatable bonds is 4. The zero-order valence-corrected chi connectivity index (χ0v) is 14.0. The van der Waals surface area contributed by atoms with Crippen LogP contribution in [0.5, 0.6) is 0 Å². The molecule has 3 N–H and O–H groups in total. The molecule has 120 valence electrons. The summed E-state index contributed by atoms with van der Waals surface area (Å²) < 4.78 is 0. The molecular formula is C15H25Cl2N3O. The van der Waals surface area contributed by atoms with E-state index < -0.39 is 0 Å². The van der Waals surface area contributed by atoms with Crippen molar-refractivity contribution in [3.8, 4) is 0 Å². The summed E-state index contributed by atoms with van der Waals surface area (Å²) in [7, 11) is 0. The molecule has 21 heavy (non-hydrogen) atoms. The first-order chi connectivity index (χ1) is 9.19. The minimum absolute atomic E-state index is 0. The Morgan fingerprint density at radius 3 is 2.57 bits per heavy atom. The van der Waals surface area contributed by atoms with Crippen LogP contribution in [-0.4, -0.2) is 36.0 Å². The Kier molecular flexibility index (Phi) is 9.62. The molecule has 1 aliphatic rings. The molecule has 1 aromatic rings. The molecule has 0 saturated carbocycles. The number of hydrogen-bond donors (Lipinski definition) is 2. The van der Waals surface area contributed by atoms with E-state index in [-0.39, 0.29) is 43.3 Å². The van der Waals surface area contributed by atoms with Gasteiger partial charge in [-0.25, -0.2) is 0 Å². The Labute approximate surface area is 139 Å². The fourth-order valence-electron chi connectivity index (χ4n) is 2.69. The molecule has 0 radical (unpaired) electrons. The molecule has 1 heterocycles. The molecule has 2 atom stereocenters. The molecular weight excluding hydrogens is 309 g/mol. The second-order valence-electron chi connectivity index (χ2n) is 5.30. The highest BCUT2D eigenvalue weighted by Gasteiger charge is 2.25. The highest BCUT2D eigenvalue weighted by Crippen LogP contribution is 2.19. The van der Waals surface area contributed by atoms with Crippen molar-refractivity contribution < 1.29 is 4.79 Å². The lowest BCUT2D eigenvalue weighted by molar-refractivity contribution is -0.120. The van der Waals surface area contributed by atoms with Crippen LogP contribution in [-0.2, 0) is 11.3 Å². The number of likely N-dealkylation sites (tertiary alicyclic amines) is 1. The number of hydrogen-bond acceptors (Lipinski definition) is 3. The van der Waals surface area contributed by atoms with Crippen molar-refractivity contribution in [2.24, 2.45) is 5.73 Å². The minimum atomic E-state index is -0.0475. The molecule has 1 amide bonds. The molecule has 0 aliphatic carbocycles. The maximum absolute atomic E-state index is 11.3. The standard InChI is InChI=1S/C15H23N3O.2ClH/c1-12-9-14(17-15(19)10-16)7-8-18(12)11-13-5-3-2-4-6-13;;/h2-6,12,14H,7-11,16H2,1H3,(H,17,19);2*1H. The third kappa shape index (κ3) is 6.22. The molecule has 1 saturated heterocycles. The quantitative estimate of drug-likeness (QED) is 0.885. The van der Waals surface area contributed by atoms with Crippen LogP contribution in [0.2, 0.25) is 0 Å². The fraction of sp³-hybridized carbons (Fsp3) is 0.533. The van der Waals surface area contributed by atoms with Crippen molar-refractivity contribution in [1.29, 1.82) is 0 Å². The molecule has 2 unspecified atom stereocenters. The number of nitrogens with two attached hydrogens (primary N) is 1. The normalized spacial score (nSPS) is 21.8. The zero-order chi connectivity index (χ0) is 13.7. The van der Waals surface area contributed by atoms with Crippen LogP contribution < -0.4 is 11.1 Å². The van der Waals surface area contributed by atoms with Crippen LogP contribution in [0, 0.1) is 0 Å². The van der Waals surface area contributed by atoms with E-state index in [1.165, 1.54) is 5.56 Å². The third-order valence-electron chi connectivity index (χ3n) is 3.79. The monoisotopic (exact) mass is 333 g/mol. The predicted octanol–water partition coefficient (Wildman–Crippen LogP) is 1.96. The molecule has 1 aliphatic heterocycles. The van der Waals surface area contributed by atoms with Gasteiger partial charge in [-0.2, -0.15) is 0 Å². The molecule has 6 heteroatoms. The van der Waals surface area contributed by atoms with Gasteiger partial charge in [0.25, 0.3) is 0 Å². The molecule has 1 aromatic carbocycles. The van der Waals surface area contributed by atoms with Crippen LogP contribution in [0.3, 0.4) is 0 Å². The molecule has 2 rings (SSSR count). The van der Waals surface area contributed by atoms with Gasteiger partial charge in [0.05, 0.1) is 6.54 Å². The molecule has 0 aromatic heterocycles. The Morgan fingerprint density at radius 1 is 1.33 bits per heavy atom. The topological polar surface area (TPSA) is 58.4 Å². The number of piperidine rings is 1. The van der Waals surface area contributed by atoms with Gasteiger partial charge in [-0.3, -0.25) is 9.69 Å². The van der Waals surface area contributed by atoms with Crippen LogP contribution in [0.1, 0.15) is 25.3 Å². The number of halogens is 2. The van der Waals surface area contributed by atoms with Gasteiger partial charge in [0.1, 0.15) is 0 Å². The van der Waals surface area contributed by atoms with Gasteiger partial charge >= 0.3 is 0 Å². The second-order valence-corrected chi connectivity index (χ2v) is 5.30. The maximum atomic E-state index is 11.3. The lowest BCUT2D eigenvalue weighted by Gasteiger charge is -2.38. The Hall–Kier alpha value is -0.810. The average molecular weight is 334 g/mol. The highest BCUT2D eigenvalue weighted by molar-refractivity contribution is 5.85. The summed E-state index contributed by atoms with van der Waals surface area (Å²) in [6, 6.07) is 11.3. The SMILES string of the molecule is CC1CC(NC(=O)CN)CCN1Cc1ccccc1.Cl.Cl. The van der Waals surface area contributed by atoms with Crippen molar-refractivity contribution in [1.82, 2.24) is 10.2 Å². The maximum Gasteiger partial charge on any atom is 0.233 e. The van der Waals surface area contributed by atoms with E-state index in [2.05, 4.69) is 41.4 Å². The lowest BCUT2D eigenvalue weighted by atomic mass is 9.97. The number of carbonyl (C=O) groups is 1. The smallest absolute Gasteiger partial charge is 0.233 e. The number of amides is 1. The van der Waals surface area contributed by atoms with Crippen molar-refractivity contribution in [2.45, 2.75) is 38.4 Å². The minimum Gasteiger partial charge on any atom is -0.352 e.